The molecule has 0 radical (unpaired) electrons. The molecular weight excluding hydrogens is 298 g/mol. The topological polar surface area (TPSA) is 45.8 Å². The summed E-state index contributed by atoms with van der Waals surface area (Å²) in [7, 11) is 3.27. The van der Waals surface area contributed by atoms with Gasteiger partial charge in [0, 0.05) is 25.2 Å². The Balaban J connectivity index is 1.89. The van der Waals surface area contributed by atoms with E-state index in [2.05, 4.69) is 22.5 Å². The first kappa shape index (κ1) is 16.8. The average molecular weight is 323 g/mol. The number of thiocarbonyl (C=S) groups is 1. The minimum absolute atomic E-state index is 0.437. The quantitative estimate of drug-likeness (QED) is 0.812. The maximum atomic E-state index is 5.42. The highest BCUT2D eigenvalue weighted by Gasteiger charge is 2.18. The van der Waals surface area contributed by atoms with Gasteiger partial charge in [-0.15, -0.1) is 0 Å². The van der Waals surface area contributed by atoms with Crippen LogP contribution in [0.4, 0.5) is 5.69 Å². The smallest absolute Gasteiger partial charge is 0.171 e. The van der Waals surface area contributed by atoms with E-state index in [1.54, 1.807) is 14.2 Å². The minimum Gasteiger partial charge on any atom is -0.497 e. The van der Waals surface area contributed by atoms with Gasteiger partial charge in [-0.3, -0.25) is 0 Å². The average Bonchev–Trinajstić information content (AvgIpc) is 2.55. The molecule has 1 saturated heterocycles. The van der Waals surface area contributed by atoms with Crippen LogP contribution in [0.1, 0.15) is 19.8 Å². The summed E-state index contributed by atoms with van der Waals surface area (Å²) < 4.78 is 10.6. The monoisotopic (exact) mass is 323 g/mol. The Kier molecular flexibility index (Phi) is 6.27. The number of nitrogens with zero attached hydrogens (tertiary/aromatic N) is 1. The molecule has 2 rings (SSSR count). The Morgan fingerprint density at radius 1 is 1.27 bits per heavy atom. The number of likely N-dealkylation sites (tertiary alicyclic amines) is 1. The van der Waals surface area contributed by atoms with Crippen LogP contribution >= 0.6 is 12.2 Å². The van der Waals surface area contributed by atoms with Crippen LogP contribution in [-0.4, -0.2) is 49.9 Å². The third-order valence-electron chi connectivity index (χ3n) is 4.03. The molecule has 0 atom stereocenters. The number of anilines is 1. The van der Waals surface area contributed by atoms with Gasteiger partial charge in [-0.2, -0.15) is 0 Å². The van der Waals surface area contributed by atoms with Crippen LogP contribution in [0.15, 0.2) is 18.2 Å². The molecule has 122 valence electrons. The largest absolute Gasteiger partial charge is 0.497 e. The van der Waals surface area contributed by atoms with Crippen molar-refractivity contribution in [2.24, 2.45) is 0 Å². The van der Waals surface area contributed by atoms with Crippen LogP contribution in [0.5, 0.6) is 11.5 Å². The third-order valence-corrected chi connectivity index (χ3v) is 4.25. The number of nitrogens with one attached hydrogen (secondary N) is 2. The summed E-state index contributed by atoms with van der Waals surface area (Å²) in [5.41, 5.74) is 0.840. The second-order valence-electron chi connectivity index (χ2n) is 5.37. The third kappa shape index (κ3) is 4.48. The number of piperidine rings is 1. The van der Waals surface area contributed by atoms with Gasteiger partial charge >= 0.3 is 0 Å². The maximum Gasteiger partial charge on any atom is 0.171 e. The van der Waals surface area contributed by atoms with Crippen molar-refractivity contribution < 1.29 is 9.47 Å². The molecule has 2 N–H and O–H groups in total. The van der Waals surface area contributed by atoms with E-state index >= 15 is 0 Å². The molecule has 0 aliphatic carbocycles. The molecule has 1 aliphatic rings. The van der Waals surface area contributed by atoms with Crippen molar-refractivity contribution in [3.05, 3.63) is 18.2 Å². The number of hydrogen-bond acceptors (Lipinski definition) is 4. The number of benzene rings is 1. The first-order chi connectivity index (χ1) is 10.7. The molecule has 0 aromatic heterocycles. The van der Waals surface area contributed by atoms with Gasteiger partial charge in [0.2, 0.25) is 0 Å². The molecule has 22 heavy (non-hydrogen) atoms. The van der Waals surface area contributed by atoms with Gasteiger partial charge < -0.3 is 25.0 Å². The lowest BCUT2D eigenvalue weighted by atomic mass is 10.1. The lowest BCUT2D eigenvalue weighted by molar-refractivity contribution is 0.216. The second kappa shape index (κ2) is 8.19. The maximum absolute atomic E-state index is 5.42. The van der Waals surface area contributed by atoms with E-state index in [1.807, 2.05) is 18.2 Å². The van der Waals surface area contributed by atoms with Crippen LogP contribution in [-0.2, 0) is 0 Å². The molecule has 1 aromatic carbocycles. The molecule has 0 unspecified atom stereocenters. The fraction of sp³-hybridized carbons (Fsp3) is 0.562. The second-order valence-corrected chi connectivity index (χ2v) is 5.78. The highest BCUT2D eigenvalue weighted by Crippen LogP contribution is 2.29. The van der Waals surface area contributed by atoms with Crippen molar-refractivity contribution in [3.63, 3.8) is 0 Å². The van der Waals surface area contributed by atoms with E-state index in [9.17, 15) is 0 Å². The minimum atomic E-state index is 0.437. The van der Waals surface area contributed by atoms with Crippen molar-refractivity contribution in [3.8, 4) is 11.5 Å². The molecular formula is C16H25N3O2S. The van der Waals surface area contributed by atoms with E-state index in [0.29, 0.717) is 16.9 Å². The van der Waals surface area contributed by atoms with E-state index in [-0.39, 0.29) is 0 Å². The van der Waals surface area contributed by atoms with Crippen molar-refractivity contribution in [1.82, 2.24) is 10.2 Å². The molecule has 0 spiro atoms. The summed E-state index contributed by atoms with van der Waals surface area (Å²) in [4.78, 5) is 2.46. The van der Waals surface area contributed by atoms with Crippen LogP contribution in [0, 0.1) is 0 Å². The molecule has 6 heteroatoms. The highest BCUT2D eigenvalue weighted by molar-refractivity contribution is 7.80. The zero-order valence-corrected chi connectivity index (χ0v) is 14.3. The Morgan fingerprint density at radius 2 is 2.00 bits per heavy atom. The fourth-order valence-electron chi connectivity index (χ4n) is 2.64. The van der Waals surface area contributed by atoms with Crippen molar-refractivity contribution >= 4 is 23.0 Å². The zero-order valence-electron chi connectivity index (χ0n) is 13.5. The predicted molar refractivity (Wildman–Crippen MR) is 94.0 cm³/mol. The van der Waals surface area contributed by atoms with Crippen molar-refractivity contribution in [2.75, 3.05) is 39.2 Å². The van der Waals surface area contributed by atoms with Crippen LogP contribution in [0.25, 0.3) is 0 Å². The number of rotatable bonds is 5. The van der Waals surface area contributed by atoms with E-state index in [4.69, 9.17) is 21.7 Å². The Morgan fingerprint density at radius 3 is 2.59 bits per heavy atom. The molecule has 0 saturated carbocycles. The van der Waals surface area contributed by atoms with Crippen molar-refractivity contribution in [2.45, 2.75) is 25.8 Å². The molecule has 1 fully saturated rings. The van der Waals surface area contributed by atoms with Crippen LogP contribution in [0.2, 0.25) is 0 Å². The Labute approximate surface area is 138 Å². The lowest BCUT2D eigenvalue weighted by Crippen LogP contribution is -2.45. The number of hydrogen-bond donors (Lipinski definition) is 2. The molecule has 5 nitrogen and oxygen atoms in total. The normalized spacial score (nSPS) is 16.1. The van der Waals surface area contributed by atoms with Crippen LogP contribution in [0.3, 0.4) is 0 Å². The summed E-state index contributed by atoms with van der Waals surface area (Å²) >= 11 is 5.42. The molecule has 0 bridgehead atoms. The Hall–Kier alpha value is -1.53. The van der Waals surface area contributed by atoms with E-state index in [0.717, 1.165) is 43.9 Å². The van der Waals surface area contributed by atoms with E-state index in [1.165, 1.54) is 0 Å². The lowest BCUT2D eigenvalue weighted by Gasteiger charge is -2.32. The van der Waals surface area contributed by atoms with Gasteiger partial charge in [-0.1, -0.05) is 6.92 Å². The SMILES string of the molecule is CCN1CCC(NC(=S)Nc2ccc(OC)cc2OC)CC1. The van der Waals surface area contributed by atoms with Gasteiger partial charge in [-0.05, 0) is 43.7 Å². The molecule has 1 heterocycles. The van der Waals surface area contributed by atoms with Gasteiger partial charge in [-0.25, -0.2) is 0 Å². The van der Waals surface area contributed by atoms with E-state index < -0.39 is 0 Å². The predicted octanol–water partition coefficient (Wildman–Crippen LogP) is 2.47. The fourth-order valence-corrected chi connectivity index (χ4v) is 2.92. The Bertz CT molecular complexity index is 502. The molecule has 1 aliphatic heterocycles. The van der Waals surface area contributed by atoms with Gasteiger partial charge in [0.05, 0.1) is 19.9 Å². The summed E-state index contributed by atoms with van der Waals surface area (Å²) in [6, 6.07) is 6.07. The van der Waals surface area contributed by atoms with Gasteiger partial charge in [0.25, 0.3) is 0 Å². The first-order valence-electron chi connectivity index (χ1n) is 7.68. The summed E-state index contributed by atoms with van der Waals surface area (Å²) in [5.74, 6) is 1.47. The summed E-state index contributed by atoms with van der Waals surface area (Å²) in [6.07, 6.45) is 2.24. The standard InChI is InChI=1S/C16H25N3O2S/c1-4-19-9-7-12(8-10-19)17-16(22)18-14-6-5-13(20-2)11-15(14)21-3/h5-6,11-12H,4,7-10H2,1-3H3,(H2,17,18,22). The summed E-state index contributed by atoms with van der Waals surface area (Å²) in [5, 5.41) is 7.25. The molecule has 1 aromatic rings. The first-order valence-corrected chi connectivity index (χ1v) is 8.09. The zero-order chi connectivity index (χ0) is 15.9. The van der Waals surface area contributed by atoms with Crippen LogP contribution < -0.4 is 20.1 Å². The van der Waals surface area contributed by atoms with Gasteiger partial charge in [0.15, 0.2) is 5.11 Å². The van der Waals surface area contributed by atoms with Gasteiger partial charge in [0.1, 0.15) is 11.5 Å². The molecule has 0 amide bonds. The number of ether oxygens (including phenoxy) is 2. The number of methoxy groups -OCH3 is 2. The summed E-state index contributed by atoms with van der Waals surface area (Å²) in [6.45, 7) is 5.58. The van der Waals surface area contributed by atoms with Crippen molar-refractivity contribution in [1.29, 1.82) is 0 Å². The highest BCUT2D eigenvalue weighted by atomic mass is 32.1.